The molecule has 2 unspecified atom stereocenters. The molecule has 3 nitrogen and oxygen atoms in total. The maximum atomic E-state index is 5.82. The summed E-state index contributed by atoms with van der Waals surface area (Å²) in [6.45, 7) is 2.85. The number of hydrogen-bond donors (Lipinski definition) is 2. The van der Waals surface area contributed by atoms with E-state index >= 15 is 0 Å². The summed E-state index contributed by atoms with van der Waals surface area (Å²) in [6, 6.07) is 6.99. The third kappa shape index (κ3) is 2.22. The number of fused-ring (bicyclic) bond motifs is 1. The molecule has 1 aliphatic rings. The number of benzene rings is 1. The second-order valence-corrected chi connectivity index (χ2v) is 6.33. The number of nitrogens with two attached hydrogens (primary N) is 1. The molecule has 3 N–H and O–H groups in total. The van der Waals surface area contributed by atoms with E-state index in [1.165, 1.54) is 29.6 Å². The van der Waals surface area contributed by atoms with Crippen LogP contribution < -0.4 is 11.1 Å². The normalized spacial score (nSPS) is 23.7. The quantitative estimate of drug-likeness (QED) is 0.892. The lowest BCUT2D eigenvalue weighted by molar-refractivity contribution is 0.517. The van der Waals surface area contributed by atoms with Crippen molar-refractivity contribution in [2.45, 2.75) is 32.2 Å². The van der Waals surface area contributed by atoms with E-state index < -0.39 is 0 Å². The van der Waals surface area contributed by atoms with Gasteiger partial charge >= 0.3 is 0 Å². The zero-order chi connectivity index (χ0) is 12.5. The lowest BCUT2D eigenvalue weighted by Gasteiger charge is -2.20. The highest BCUT2D eigenvalue weighted by molar-refractivity contribution is 7.18. The summed E-state index contributed by atoms with van der Waals surface area (Å²) in [7, 11) is 0. The first-order valence-corrected chi connectivity index (χ1v) is 7.41. The molecule has 4 heteroatoms. The van der Waals surface area contributed by atoms with Crippen molar-refractivity contribution in [3.05, 3.63) is 23.2 Å². The maximum absolute atomic E-state index is 5.82. The summed E-state index contributed by atoms with van der Waals surface area (Å²) in [5.41, 5.74) is 8.13. The predicted molar refractivity (Wildman–Crippen MR) is 78.2 cm³/mol. The molecule has 1 heterocycles. The van der Waals surface area contributed by atoms with Crippen LogP contribution in [0.15, 0.2) is 18.2 Å². The van der Waals surface area contributed by atoms with E-state index in [9.17, 15) is 0 Å². The Morgan fingerprint density at radius 1 is 1.44 bits per heavy atom. The zero-order valence-corrected chi connectivity index (χ0v) is 11.5. The Hall–Kier alpha value is -1.13. The maximum Gasteiger partial charge on any atom is 0.0907 e. The molecule has 0 saturated heterocycles. The van der Waals surface area contributed by atoms with Gasteiger partial charge in [-0.1, -0.05) is 6.42 Å². The Morgan fingerprint density at radius 2 is 2.33 bits per heavy atom. The summed E-state index contributed by atoms with van der Waals surface area (Å²) >= 11 is 1.75. The fourth-order valence-corrected chi connectivity index (χ4v) is 3.72. The number of thiazole rings is 1. The first kappa shape index (κ1) is 11.9. The van der Waals surface area contributed by atoms with Gasteiger partial charge in [-0.2, -0.15) is 0 Å². The lowest BCUT2D eigenvalue weighted by atomic mass is 10.0. The highest BCUT2D eigenvalue weighted by Crippen LogP contribution is 2.30. The van der Waals surface area contributed by atoms with Gasteiger partial charge in [-0.25, -0.2) is 4.98 Å². The Kier molecular flexibility index (Phi) is 3.22. The number of aryl methyl sites for hydroxylation is 1. The summed E-state index contributed by atoms with van der Waals surface area (Å²) in [6.07, 6.45) is 3.79. The lowest BCUT2D eigenvalue weighted by Crippen LogP contribution is -2.29. The molecule has 0 spiro atoms. The van der Waals surface area contributed by atoms with Crippen molar-refractivity contribution in [1.29, 1.82) is 0 Å². The van der Waals surface area contributed by atoms with Crippen molar-refractivity contribution >= 4 is 27.2 Å². The molecule has 1 aliphatic carbocycles. The summed E-state index contributed by atoms with van der Waals surface area (Å²) in [5, 5.41) is 4.77. The van der Waals surface area contributed by atoms with Crippen molar-refractivity contribution in [2.24, 2.45) is 11.7 Å². The Bertz CT molecular complexity index is 549. The first-order valence-electron chi connectivity index (χ1n) is 6.60. The van der Waals surface area contributed by atoms with Gasteiger partial charge in [0.05, 0.1) is 15.2 Å². The first-order chi connectivity index (χ1) is 8.76. The van der Waals surface area contributed by atoms with Crippen LogP contribution in [-0.2, 0) is 0 Å². The third-order valence-electron chi connectivity index (χ3n) is 3.81. The molecule has 2 aromatic rings. The van der Waals surface area contributed by atoms with Gasteiger partial charge in [0.25, 0.3) is 0 Å². The zero-order valence-electron chi connectivity index (χ0n) is 10.6. The molecule has 0 radical (unpaired) electrons. The van der Waals surface area contributed by atoms with E-state index in [-0.39, 0.29) is 0 Å². The molecule has 2 atom stereocenters. The molecule has 0 aliphatic heterocycles. The number of hydrogen-bond acceptors (Lipinski definition) is 4. The van der Waals surface area contributed by atoms with Crippen LogP contribution in [0.2, 0.25) is 0 Å². The van der Waals surface area contributed by atoms with Gasteiger partial charge in [-0.15, -0.1) is 11.3 Å². The predicted octanol–water partition coefficient (Wildman–Crippen LogP) is 3.14. The van der Waals surface area contributed by atoms with Crippen molar-refractivity contribution in [2.75, 3.05) is 11.9 Å². The van der Waals surface area contributed by atoms with E-state index in [0.717, 1.165) is 17.1 Å². The summed E-state index contributed by atoms with van der Waals surface area (Å²) < 4.78 is 1.26. The van der Waals surface area contributed by atoms with Crippen LogP contribution in [0.3, 0.4) is 0 Å². The third-order valence-corrected chi connectivity index (χ3v) is 4.74. The Morgan fingerprint density at radius 3 is 3.17 bits per heavy atom. The summed E-state index contributed by atoms with van der Waals surface area (Å²) in [5.74, 6) is 0.629. The van der Waals surface area contributed by atoms with E-state index in [1.54, 1.807) is 11.3 Å². The van der Waals surface area contributed by atoms with Crippen LogP contribution in [0.25, 0.3) is 10.2 Å². The van der Waals surface area contributed by atoms with Crippen LogP contribution >= 0.6 is 11.3 Å². The molecular formula is C14H19N3S. The highest BCUT2D eigenvalue weighted by atomic mass is 32.1. The van der Waals surface area contributed by atoms with Crippen molar-refractivity contribution in [3.8, 4) is 0 Å². The fourth-order valence-electron chi connectivity index (χ4n) is 2.85. The van der Waals surface area contributed by atoms with Gasteiger partial charge in [-0.05, 0) is 50.4 Å². The van der Waals surface area contributed by atoms with Crippen LogP contribution in [0.4, 0.5) is 5.69 Å². The van der Waals surface area contributed by atoms with E-state index in [1.807, 2.05) is 0 Å². The monoisotopic (exact) mass is 261 g/mol. The molecule has 0 amide bonds. The molecule has 0 bridgehead atoms. The highest BCUT2D eigenvalue weighted by Gasteiger charge is 2.25. The van der Waals surface area contributed by atoms with Crippen LogP contribution in [0, 0.1) is 12.8 Å². The minimum atomic E-state index is 0.543. The van der Waals surface area contributed by atoms with Crippen molar-refractivity contribution < 1.29 is 0 Å². The largest absolute Gasteiger partial charge is 0.382 e. The number of anilines is 1. The molecule has 3 rings (SSSR count). The molecule has 1 saturated carbocycles. The van der Waals surface area contributed by atoms with Crippen LogP contribution in [-0.4, -0.2) is 17.6 Å². The van der Waals surface area contributed by atoms with Crippen LogP contribution in [0.1, 0.15) is 24.3 Å². The fraction of sp³-hybridized carbons (Fsp3) is 0.500. The topological polar surface area (TPSA) is 50.9 Å². The second-order valence-electron chi connectivity index (χ2n) is 5.09. The van der Waals surface area contributed by atoms with Crippen molar-refractivity contribution in [1.82, 2.24) is 4.98 Å². The molecule has 96 valence electrons. The van der Waals surface area contributed by atoms with Gasteiger partial charge in [0.15, 0.2) is 0 Å². The minimum Gasteiger partial charge on any atom is -0.382 e. The molecule has 18 heavy (non-hydrogen) atoms. The van der Waals surface area contributed by atoms with Gasteiger partial charge in [0.2, 0.25) is 0 Å². The molecule has 1 aromatic heterocycles. The van der Waals surface area contributed by atoms with E-state index in [2.05, 4.69) is 35.4 Å². The van der Waals surface area contributed by atoms with Gasteiger partial charge in [-0.3, -0.25) is 0 Å². The van der Waals surface area contributed by atoms with Crippen molar-refractivity contribution in [3.63, 3.8) is 0 Å². The Balaban J connectivity index is 1.81. The summed E-state index contributed by atoms with van der Waals surface area (Å²) in [4.78, 5) is 4.49. The minimum absolute atomic E-state index is 0.543. The number of aromatic nitrogens is 1. The molecule has 1 fully saturated rings. The molecule has 1 aromatic carbocycles. The standard InChI is InChI=1S/C14H19N3S/c1-9-16-13-6-5-11(7-14(13)18-9)17-12-4-2-3-10(12)8-15/h5-7,10,12,17H,2-4,8,15H2,1H3. The Labute approximate surface area is 111 Å². The smallest absolute Gasteiger partial charge is 0.0907 e. The van der Waals surface area contributed by atoms with Gasteiger partial charge in [0, 0.05) is 11.7 Å². The van der Waals surface area contributed by atoms with E-state index in [0.29, 0.717) is 12.0 Å². The number of nitrogens with one attached hydrogen (secondary N) is 1. The van der Waals surface area contributed by atoms with Gasteiger partial charge in [0.1, 0.15) is 0 Å². The number of rotatable bonds is 3. The average molecular weight is 261 g/mol. The second kappa shape index (κ2) is 4.86. The molecular weight excluding hydrogens is 242 g/mol. The SMILES string of the molecule is Cc1nc2ccc(NC3CCCC3CN)cc2s1. The van der Waals surface area contributed by atoms with E-state index in [4.69, 9.17) is 5.73 Å². The average Bonchev–Trinajstić information content (AvgIpc) is 2.93. The number of nitrogens with zero attached hydrogens (tertiary/aromatic N) is 1. The van der Waals surface area contributed by atoms with Gasteiger partial charge < -0.3 is 11.1 Å². The van der Waals surface area contributed by atoms with Crippen LogP contribution in [0.5, 0.6) is 0 Å².